The number of hydrogen-bond donors (Lipinski definition) is 1. The van der Waals surface area contributed by atoms with Gasteiger partial charge in [-0.15, -0.1) is 0 Å². The fourth-order valence-electron chi connectivity index (χ4n) is 3.41. The van der Waals surface area contributed by atoms with Crippen LogP contribution < -0.4 is 0 Å². The first-order valence-electron chi connectivity index (χ1n) is 9.35. The van der Waals surface area contributed by atoms with Gasteiger partial charge in [0.1, 0.15) is 5.82 Å². The first kappa shape index (κ1) is 18.2. The van der Waals surface area contributed by atoms with Gasteiger partial charge in [0.2, 0.25) is 0 Å². The topological polar surface area (TPSA) is 54.0 Å². The normalized spacial score (nSPS) is 15.1. The summed E-state index contributed by atoms with van der Waals surface area (Å²) in [4.78, 5) is 15.0. The Bertz CT molecular complexity index is 875. The Morgan fingerprint density at radius 2 is 1.89 bits per heavy atom. The summed E-state index contributed by atoms with van der Waals surface area (Å²) in [5, 5.41) is 0.713. The van der Waals surface area contributed by atoms with E-state index in [1.54, 1.807) is 12.4 Å². The Kier molecular flexibility index (Phi) is 5.82. The van der Waals surface area contributed by atoms with Gasteiger partial charge in [0.05, 0.1) is 24.6 Å². The number of nitrogens with one attached hydrogen (secondary N) is 1. The third-order valence-electron chi connectivity index (χ3n) is 4.81. The number of H-pyrrole nitrogens is 1. The Balaban J connectivity index is 1.56. The van der Waals surface area contributed by atoms with E-state index in [0.29, 0.717) is 5.02 Å². The summed E-state index contributed by atoms with van der Waals surface area (Å²) >= 11 is 6.21. The van der Waals surface area contributed by atoms with Gasteiger partial charge in [-0.2, -0.15) is 0 Å². The Morgan fingerprint density at radius 3 is 2.67 bits per heavy atom. The Hall–Kier alpha value is -2.21. The van der Waals surface area contributed by atoms with Gasteiger partial charge in [-0.3, -0.25) is 9.88 Å². The van der Waals surface area contributed by atoms with Crippen molar-refractivity contribution in [3.05, 3.63) is 59.6 Å². The molecule has 1 aliphatic heterocycles. The number of pyridine rings is 1. The van der Waals surface area contributed by atoms with Crippen LogP contribution in [0, 0.1) is 0 Å². The summed E-state index contributed by atoms with van der Waals surface area (Å²) in [6.45, 7) is 4.79. The minimum absolute atomic E-state index is 0.713. The molecule has 0 spiro atoms. The van der Waals surface area contributed by atoms with Crippen LogP contribution >= 0.6 is 11.6 Å². The molecule has 0 saturated carbocycles. The molecule has 2 aromatic heterocycles. The lowest BCUT2D eigenvalue weighted by molar-refractivity contribution is 0.0374. The van der Waals surface area contributed by atoms with E-state index in [1.165, 1.54) is 0 Å². The van der Waals surface area contributed by atoms with Crippen molar-refractivity contribution in [2.45, 2.75) is 12.8 Å². The van der Waals surface area contributed by atoms with Gasteiger partial charge in [-0.1, -0.05) is 23.7 Å². The Labute approximate surface area is 164 Å². The first-order valence-corrected chi connectivity index (χ1v) is 9.73. The van der Waals surface area contributed by atoms with Crippen LogP contribution in [-0.4, -0.2) is 52.7 Å². The lowest BCUT2D eigenvalue weighted by Gasteiger charge is -2.26. The number of imidazole rings is 1. The molecular weight excluding hydrogens is 360 g/mol. The number of hydrogen-bond acceptors (Lipinski definition) is 4. The molecule has 3 aromatic rings. The molecule has 1 fully saturated rings. The zero-order valence-electron chi connectivity index (χ0n) is 15.2. The van der Waals surface area contributed by atoms with Crippen LogP contribution in [0.3, 0.4) is 0 Å². The van der Waals surface area contributed by atoms with Crippen LogP contribution in [-0.2, 0) is 11.2 Å². The van der Waals surface area contributed by atoms with E-state index in [2.05, 4.69) is 14.9 Å². The molecule has 140 valence electrons. The van der Waals surface area contributed by atoms with Gasteiger partial charge in [-0.05, 0) is 37.2 Å². The SMILES string of the molecule is Clc1cccc(-c2nc(CCCN3CCOCC3)[nH]c2-c2ccncc2)c1. The largest absolute Gasteiger partial charge is 0.379 e. The van der Waals surface area contributed by atoms with Crippen molar-refractivity contribution >= 4 is 11.6 Å². The fraction of sp³-hybridized carbons (Fsp3) is 0.333. The molecule has 0 atom stereocenters. The van der Waals surface area contributed by atoms with Crippen LogP contribution in [0.4, 0.5) is 0 Å². The number of ether oxygens (including phenoxy) is 1. The van der Waals surface area contributed by atoms with Crippen LogP contribution in [0.2, 0.25) is 5.02 Å². The third-order valence-corrected chi connectivity index (χ3v) is 5.05. The molecule has 5 nitrogen and oxygen atoms in total. The maximum atomic E-state index is 6.21. The minimum Gasteiger partial charge on any atom is -0.379 e. The summed E-state index contributed by atoms with van der Waals surface area (Å²) in [5.41, 5.74) is 4.04. The van der Waals surface area contributed by atoms with E-state index in [4.69, 9.17) is 21.3 Å². The maximum absolute atomic E-state index is 6.21. The fourth-order valence-corrected chi connectivity index (χ4v) is 3.60. The molecule has 1 aromatic carbocycles. The lowest BCUT2D eigenvalue weighted by Crippen LogP contribution is -2.36. The highest BCUT2D eigenvalue weighted by molar-refractivity contribution is 6.30. The molecule has 1 N–H and O–H groups in total. The van der Waals surface area contributed by atoms with E-state index < -0.39 is 0 Å². The van der Waals surface area contributed by atoms with Crippen LogP contribution in [0.5, 0.6) is 0 Å². The maximum Gasteiger partial charge on any atom is 0.107 e. The number of benzene rings is 1. The molecule has 1 saturated heterocycles. The summed E-state index contributed by atoms with van der Waals surface area (Å²) in [5.74, 6) is 1.00. The molecule has 0 radical (unpaired) electrons. The van der Waals surface area contributed by atoms with Gasteiger partial charge in [-0.25, -0.2) is 4.98 Å². The highest BCUT2D eigenvalue weighted by atomic mass is 35.5. The summed E-state index contributed by atoms with van der Waals surface area (Å²) < 4.78 is 5.41. The van der Waals surface area contributed by atoms with Gasteiger partial charge >= 0.3 is 0 Å². The predicted molar refractivity (Wildman–Crippen MR) is 108 cm³/mol. The van der Waals surface area contributed by atoms with Gasteiger partial charge in [0.25, 0.3) is 0 Å². The van der Waals surface area contributed by atoms with Gasteiger partial charge < -0.3 is 9.72 Å². The molecule has 0 aliphatic carbocycles. The molecular formula is C21H23ClN4O. The average Bonchev–Trinajstić information content (AvgIpc) is 3.14. The highest BCUT2D eigenvalue weighted by Crippen LogP contribution is 2.31. The number of aryl methyl sites for hydroxylation is 1. The van der Waals surface area contributed by atoms with Crippen molar-refractivity contribution in [1.82, 2.24) is 19.9 Å². The molecule has 4 rings (SSSR count). The second kappa shape index (κ2) is 8.65. The quantitative estimate of drug-likeness (QED) is 0.698. The van der Waals surface area contributed by atoms with E-state index >= 15 is 0 Å². The minimum atomic E-state index is 0.713. The second-order valence-corrected chi connectivity index (χ2v) is 7.15. The number of aromatic amines is 1. The summed E-state index contributed by atoms with van der Waals surface area (Å²) in [7, 11) is 0. The zero-order chi connectivity index (χ0) is 18.5. The van der Waals surface area contributed by atoms with E-state index in [0.717, 1.165) is 74.0 Å². The predicted octanol–water partition coefficient (Wildman–Crippen LogP) is 4.06. The van der Waals surface area contributed by atoms with Gasteiger partial charge in [0.15, 0.2) is 0 Å². The highest BCUT2D eigenvalue weighted by Gasteiger charge is 2.15. The van der Waals surface area contributed by atoms with Crippen molar-refractivity contribution in [2.75, 3.05) is 32.8 Å². The number of halogens is 1. The number of aromatic nitrogens is 3. The molecule has 27 heavy (non-hydrogen) atoms. The molecule has 6 heteroatoms. The summed E-state index contributed by atoms with van der Waals surface area (Å²) in [6, 6.07) is 11.8. The van der Waals surface area contributed by atoms with E-state index in [-0.39, 0.29) is 0 Å². The van der Waals surface area contributed by atoms with E-state index in [9.17, 15) is 0 Å². The van der Waals surface area contributed by atoms with Crippen molar-refractivity contribution < 1.29 is 4.74 Å². The monoisotopic (exact) mass is 382 g/mol. The van der Waals surface area contributed by atoms with Crippen LogP contribution in [0.15, 0.2) is 48.8 Å². The summed E-state index contributed by atoms with van der Waals surface area (Å²) in [6.07, 6.45) is 5.58. The molecule has 3 heterocycles. The Morgan fingerprint density at radius 1 is 1.07 bits per heavy atom. The van der Waals surface area contributed by atoms with Crippen molar-refractivity contribution in [3.63, 3.8) is 0 Å². The van der Waals surface area contributed by atoms with Gasteiger partial charge in [0, 0.05) is 48.1 Å². The molecule has 0 amide bonds. The average molecular weight is 383 g/mol. The number of rotatable bonds is 6. The third kappa shape index (κ3) is 4.56. The van der Waals surface area contributed by atoms with Crippen LogP contribution in [0.25, 0.3) is 22.5 Å². The molecule has 1 aliphatic rings. The smallest absolute Gasteiger partial charge is 0.107 e. The van der Waals surface area contributed by atoms with Crippen molar-refractivity contribution in [1.29, 1.82) is 0 Å². The standard InChI is InChI=1S/C21H23ClN4O/c22-18-4-1-3-17(15-18)21-20(16-6-8-23-9-7-16)24-19(25-21)5-2-10-26-11-13-27-14-12-26/h1,3-4,6-9,15H,2,5,10-14H2,(H,24,25). The first-order chi connectivity index (χ1) is 13.3. The molecule has 0 unspecified atom stereocenters. The number of nitrogens with zero attached hydrogens (tertiary/aromatic N) is 3. The van der Waals surface area contributed by atoms with Crippen molar-refractivity contribution in [2.24, 2.45) is 0 Å². The zero-order valence-corrected chi connectivity index (χ0v) is 16.0. The molecule has 0 bridgehead atoms. The van der Waals surface area contributed by atoms with E-state index in [1.807, 2.05) is 36.4 Å². The number of morpholine rings is 1. The lowest BCUT2D eigenvalue weighted by atomic mass is 10.1. The van der Waals surface area contributed by atoms with Crippen molar-refractivity contribution in [3.8, 4) is 22.5 Å². The second-order valence-electron chi connectivity index (χ2n) is 6.71. The van der Waals surface area contributed by atoms with Crippen LogP contribution in [0.1, 0.15) is 12.2 Å².